The molecule has 9 heteroatoms. The van der Waals surface area contributed by atoms with Gasteiger partial charge in [0, 0.05) is 18.3 Å². The molecule has 2 heterocycles. The van der Waals surface area contributed by atoms with Crippen LogP contribution in [0.4, 0.5) is 0 Å². The van der Waals surface area contributed by atoms with Crippen molar-refractivity contribution in [2.75, 3.05) is 6.61 Å². The van der Waals surface area contributed by atoms with Crippen molar-refractivity contribution in [1.82, 2.24) is 15.3 Å². The van der Waals surface area contributed by atoms with Gasteiger partial charge in [0.2, 0.25) is 9.84 Å². The minimum atomic E-state index is -3.99. The first-order chi connectivity index (χ1) is 12.9. The lowest BCUT2D eigenvalue weighted by Gasteiger charge is -2.22. The Labute approximate surface area is 156 Å². The first-order valence-corrected chi connectivity index (χ1v) is 9.87. The smallest absolute Gasteiger partial charge is 0.274 e. The Hall–Kier alpha value is -2.87. The molecule has 0 aliphatic carbocycles. The average Bonchev–Trinajstić information content (AvgIpc) is 3.01. The van der Waals surface area contributed by atoms with Crippen molar-refractivity contribution in [2.45, 2.75) is 32.2 Å². The quantitative estimate of drug-likeness (QED) is 0.593. The molecule has 1 aromatic heterocycles. The van der Waals surface area contributed by atoms with Gasteiger partial charge in [0.25, 0.3) is 5.56 Å². The topological polar surface area (TPSA) is 110 Å². The van der Waals surface area contributed by atoms with Crippen LogP contribution in [0.1, 0.15) is 25.0 Å². The molecule has 0 atom stereocenters. The number of hydrogen-bond acceptors (Lipinski definition) is 6. The van der Waals surface area contributed by atoms with Crippen LogP contribution in [-0.2, 0) is 26.0 Å². The minimum Gasteiger partial charge on any atom is -0.302 e. The molecule has 142 valence electrons. The van der Waals surface area contributed by atoms with E-state index in [4.69, 9.17) is 4.84 Å². The van der Waals surface area contributed by atoms with E-state index in [1.165, 1.54) is 22.8 Å². The molecular formula is C18H19N3O5S. The number of carbonyl (C=O) groups excluding carboxylic acids is 1. The maximum atomic E-state index is 12.7. The van der Waals surface area contributed by atoms with Crippen molar-refractivity contribution in [1.29, 1.82) is 0 Å². The van der Waals surface area contributed by atoms with Crippen LogP contribution in [0.5, 0.6) is 0 Å². The maximum absolute atomic E-state index is 12.7. The van der Waals surface area contributed by atoms with Gasteiger partial charge in [-0.3, -0.25) is 19.8 Å². The van der Waals surface area contributed by atoms with Crippen LogP contribution in [0, 0.1) is 6.92 Å². The zero-order chi connectivity index (χ0) is 19.8. The highest BCUT2D eigenvalue weighted by Crippen LogP contribution is 2.38. The molecule has 1 aliphatic heterocycles. The van der Waals surface area contributed by atoms with Gasteiger partial charge in [-0.15, -0.1) is 0 Å². The Balaban J connectivity index is 2.30. The molecule has 2 N–H and O–H groups in total. The lowest BCUT2D eigenvalue weighted by atomic mass is 9.96. The predicted octanol–water partition coefficient (Wildman–Crippen LogP) is 1.56. The Morgan fingerprint density at radius 1 is 1.26 bits per heavy atom. The van der Waals surface area contributed by atoms with E-state index in [1.807, 2.05) is 6.92 Å². The third-order valence-electron chi connectivity index (χ3n) is 4.42. The second kappa shape index (κ2) is 7.03. The lowest BCUT2D eigenvalue weighted by Crippen LogP contribution is -2.22. The SMILES string of the molecule is CCONC1=CC(=C=O)S(=O)(=O)c2ccc(-c3c[nH]n(CC)c3=O)c(C)c21. The van der Waals surface area contributed by atoms with Gasteiger partial charge in [-0.1, -0.05) is 6.07 Å². The van der Waals surface area contributed by atoms with Crippen LogP contribution in [0.3, 0.4) is 0 Å². The molecule has 1 aliphatic rings. The molecule has 27 heavy (non-hydrogen) atoms. The number of hydrogen-bond donors (Lipinski definition) is 2. The number of sulfone groups is 1. The monoisotopic (exact) mass is 389 g/mol. The van der Waals surface area contributed by atoms with Gasteiger partial charge in [-0.25, -0.2) is 13.2 Å². The number of nitrogens with one attached hydrogen (secondary N) is 2. The van der Waals surface area contributed by atoms with Gasteiger partial charge >= 0.3 is 0 Å². The van der Waals surface area contributed by atoms with Crippen LogP contribution in [-0.4, -0.2) is 30.7 Å². The summed E-state index contributed by atoms with van der Waals surface area (Å²) in [7, 11) is -3.99. The van der Waals surface area contributed by atoms with Crippen LogP contribution in [0.2, 0.25) is 0 Å². The Morgan fingerprint density at radius 2 is 2.00 bits per heavy atom. The van der Waals surface area contributed by atoms with E-state index in [2.05, 4.69) is 10.6 Å². The highest BCUT2D eigenvalue weighted by Gasteiger charge is 2.33. The number of rotatable bonds is 5. The van der Waals surface area contributed by atoms with Gasteiger partial charge in [-0.05, 0) is 44.0 Å². The van der Waals surface area contributed by atoms with Crippen molar-refractivity contribution >= 4 is 21.5 Å². The summed E-state index contributed by atoms with van der Waals surface area (Å²) in [5.41, 5.74) is 4.79. The molecule has 0 fully saturated rings. The zero-order valence-corrected chi connectivity index (χ0v) is 15.9. The first-order valence-electron chi connectivity index (χ1n) is 8.39. The Morgan fingerprint density at radius 3 is 2.59 bits per heavy atom. The largest absolute Gasteiger partial charge is 0.302 e. The van der Waals surface area contributed by atoms with Gasteiger partial charge < -0.3 is 5.10 Å². The number of fused-ring (bicyclic) bond motifs is 1. The van der Waals surface area contributed by atoms with Crippen molar-refractivity contribution in [3.8, 4) is 11.1 Å². The summed E-state index contributed by atoms with van der Waals surface area (Å²) in [6, 6.07) is 2.97. The van der Waals surface area contributed by atoms with Crippen LogP contribution in [0.15, 0.2) is 39.0 Å². The summed E-state index contributed by atoms with van der Waals surface area (Å²) < 4.78 is 26.8. The number of aromatic nitrogens is 2. The van der Waals surface area contributed by atoms with E-state index >= 15 is 0 Å². The summed E-state index contributed by atoms with van der Waals surface area (Å²) in [6.07, 6.45) is 2.78. The highest BCUT2D eigenvalue weighted by atomic mass is 32.2. The van der Waals surface area contributed by atoms with Crippen LogP contribution in [0.25, 0.3) is 16.8 Å². The number of allylic oxidation sites excluding steroid dienone is 1. The second-order valence-electron chi connectivity index (χ2n) is 5.91. The summed E-state index contributed by atoms with van der Waals surface area (Å²) in [5, 5.41) is 2.88. The Kier molecular flexibility index (Phi) is 4.93. The van der Waals surface area contributed by atoms with E-state index in [1.54, 1.807) is 26.1 Å². The molecule has 0 amide bonds. The van der Waals surface area contributed by atoms with E-state index in [0.717, 1.165) is 0 Å². The molecule has 0 saturated carbocycles. The average molecular weight is 389 g/mol. The molecule has 1 aromatic carbocycles. The van der Waals surface area contributed by atoms with Gasteiger partial charge in [-0.2, -0.15) is 0 Å². The highest BCUT2D eigenvalue weighted by molar-refractivity contribution is 7.96. The second-order valence-corrected chi connectivity index (χ2v) is 7.80. The molecule has 3 rings (SSSR count). The summed E-state index contributed by atoms with van der Waals surface area (Å²) in [4.78, 5) is 28.4. The fraction of sp³-hybridized carbons (Fsp3) is 0.278. The number of aromatic amines is 1. The van der Waals surface area contributed by atoms with Gasteiger partial charge in [0.05, 0.1) is 22.8 Å². The maximum Gasteiger partial charge on any atom is 0.274 e. The Bertz CT molecular complexity index is 1150. The molecule has 0 saturated heterocycles. The van der Waals surface area contributed by atoms with Gasteiger partial charge in [0.1, 0.15) is 5.94 Å². The fourth-order valence-electron chi connectivity index (χ4n) is 3.09. The third-order valence-corrected chi connectivity index (χ3v) is 6.12. The number of benzene rings is 1. The van der Waals surface area contributed by atoms with Gasteiger partial charge in [0.15, 0.2) is 4.91 Å². The van der Waals surface area contributed by atoms with Crippen molar-refractivity contribution in [2.24, 2.45) is 0 Å². The summed E-state index contributed by atoms with van der Waals surface area (Å²) in [5.74, 6) is 1.48. The summed E-state index contributed by atoms with van der Waals surface area (Å²) >= 11 is 0. The van der Waals surface area contributed by atoms with E-state index in [0.29, 0.717) is 41.1 Å². The molecule has 0 radical (unpaired) electrons. The number of nitrogens with zero attached hydrogens (tertiary/aromatic N) is 1. The minimum absolute atomic E-state index is 0.0295. The molecule has 8 nitrogen and oxygen atoms in total. The van der Waals surface area contributed by atoms with E-state index in [9.17, 15) is 18.0 Å². The molecule has 0 bridgehead atoms. The van der Waals surface area contributed by atoms with Crippen molar-refractivity contribution in [3.05, 3.63) is 50.8 Å². The predicted molar refractivity (Wildman–Crippen MR) is 100 cm³/mol. The van der Waals surface area contributed by atoms with E-state index in [-0.39, 0.29) is 10.5 Å². The van der Waals surface area contributed by atoms with Crippen LogP contribution < -0.4 is 11.0 Å². The number of hydroxylamine groups is 1. The van der Waals surface area contributed by atoms with E-state index < -0.39 is 14.7 Å². The molecular weight excluding hydrogens is 370 g/mol. The fourth-order valence-corrected chi connectivity index (χ4v) is 4.49. The lowest BCUT2D eigenvalue weighted by molar-refractivity contribution is 0.0897. The summed E-state index contributed by atoms with van der Waals surface area (Å²) in [6.45, 7) is 6.15. The van der Waals surface area contributed by atoms with Crippen LogP contribution >= 0.6 is 0 Å². The number of aryl methyl sites for hydroxylation is 1. The first kappa shape index (κ1) is 18.9. The third kappa shape index (κ3) is 2.95. The zero-order valence-electron chi connectivity index (χ0n) is 15.1. The molecule has 0 unspecified atom stereocenters. The van der Waals surface area contributed by atoms with Crippen molar-refractivity contribution in [3.63, 3.8) is 0 Å². The normalized spacial score (nSPS) is 15.1. The molecule has 0 spiro atoms. The molecule has 2 aromatic rings. The van der Waals surface area contributed by atoms with Crippen molar-refractivity contribution < 1.29 is 18.0 Å². The standard InChI is InChI=1S/C18H19N3O5S/c1-4-21-18(23)14(9-19-21)13-6-7-16-17(11(13)3)15(20-26-5-2)8-12(10-22)27(16,24)25/h6-9,19-20H,4-5H2,1-3H3. The number of H-pyrrole nitrogens is 1.